The Morgan fingerprint density at radius 1 is 0.889 bits per heavy atom. The lowest BCUT2D eigenvalue weighted by Gasteiger charge is -2.15. The van der Waals surface area contributed by atoms with E-state index in [4.69, 9.17) is 17.2 Å². The molecule has 1 aliphatic rings. The van der Waals surface area contributed by atoms with Gasteiger partial charge in [-0.25, -0.2) is 4.98 Å². The average Bonchev–Trinajstić information content (AvgIpc) is 3.19. The number of benzene rings is 2. The van der Waals surface area contributed by atoms with Crippen molar-refractivity contribution in [2.24, 2.45) is 0 Å². The Balaban J connectivity index is 1.85. The first-order valence-corrected chi connectivity index (χ1v) is 10.1. The smallest absolute Gasteiger partial charge is 0.0842 e. The fourth-order valence-electron chi connectivity index (χ4n) is 3.55. The molecule has 0 atom stereocenters. The Bertz CT molecular complexity index is 1130. The molecule has 27 heavy (non-hydrogen) atoms. The highest BCUT2D eigenvalue weighted by Gasteiger charge is 2.22. The topological polar surface area (TPSA) is 24.9 Å². The zero-order chi connectivity index (χ0) is 18.2. The Morgan fingerprint density at radius 3 is 2.52 bits per heavy atom. The van der Waals surface area contributed by atoms with Crippen molar-refractivity contribution in [2.75, 3.05) is 5.32 Å². The molecule has 2 aromatic heterocycles. The number of hydrogen-bond donors (Lipinski definition) is 1. The van der Waals surface area contributed by atoms with Gasteiger partial charge in [0.1, 0.15) is 0 Å². The molecule has 5 rings (SSSR count). The number of nitrogens with zero attached hydrogens (tertiary/aromatic N) is 1. The van der Waals surface area contributed by atoms with Crippen molar-refractivity contribution in [1.82, 2.24) is 4.98 Å². The second-order valence-electron chi connectivity index (χ2n) is 6.50. The largest absolute Gasteiger partial charge is 0.349 e. The van der Waals surface area contributed by atoms with Crippen LogP contribution in [0.3, 0.4) is 0 Å². The first-order valence-electron chi connectivity index (χ1n) is 8.82. The van der Waals surface area contributed by atoms with E-state index >= 15 is 0 Å². The number of nitrogens with one attached hydrogen (secondary N) is 1. The van der Waals surface area contributed by atoms with Crippen LogP contribution < -0.4 is 5.32 Å². The summed E-state index contributed by atoms with van der Waals surface area (Å²) in [6.07, 6.45) is 0.682. The molecule has 4 heteroatoms. The monoisotopic (exact) mass is 384 g/mol. The van der Waals surface area contributed by atoms with Gasteiger partial charge in [-0.1, -0.05) is 66.8 Å². The minimum Gasteiger partial charge on any atom is -0.349 e. The van der Waals surface area contributed by atoms with Crippen LogP contribution >= 0.6 is 23.6 Å². The van der Waals surface area contributed by atoms with Gasteiger partial charge in [0, 0.05) is 17.7 Å². The van der Waals surface area contributed by atoms with Crippen LogP contribution in [0.4, 0.5) is 5.69 Å². The highest BCUT2D eigenvalue weighted by molar-refractivity contribution is 7.80. The number of thiophene rings is 1. The maximum absolute atomic E-state index is 5.63. The van der Waals surface area contributed by atoms with Crippen LogP contribution in [0.5, 0.6) is 0 Å². The molecule has 2 aromatic carbocycles. The molecule has 3 heterocycles. The van der Waals surface area contributed by atoms with Gasteiger partial charge in [0.25, 0.3) is 0 Å². The van der Waals surface area contributed by atoms with E-state index in [1.54, 1.807) is 11.3 Å². The molecular weight excluding hydrogens is 368 g/mol. The van der Waals surface area contributed by atoms with Crippen molar-refractivity contribution < 1.29 is 0 Å². The lowest BCUT2D eigenvalue weighted by atomic mass is 9.93. The normalized spacial score (nSPS) is 12.7. The van der Waals surface area contributed by atoms with Crippen molar-refractivity contribution in [3.05, 3.63) is 83.7 Å². The van der Waals surface area contributed by atoms with Gasteiger partial charge in [-0.2, -0.15) is 0 Å². The van der Waals surface area contributed by atoms with Gasteiger partial charge in [-0.3, -0.25) is 0 Å². The summed E-state index contributed by atoms with van der Waals surface area (Å²) in [5, 5.41) is 5.49. The van der Waals surface area contributed by atoms with Gasteiger partial charge in [0.05, 0.1) is 21.3 Å². The van der Waals surface area contributed by atoms with Gasteiger partial charge in [0.15, 0.2) is 0 Å². The summed E-state index contributed by atoms with van der Waals surface area (Å²) in [5.41, 5.74) is 7.72. The van der Waals surface area contributed by atoms with Crippen LogP contribution in [0.15, 0.2) is 78.2 Å². The van der Waals surface area contributed by atoms with Gasteiger partial charge in [-0.05, 0) is 40.3 Å². The van der Waals surface area contributed by atoms with Crippen LogP contribution in [0.25, 0.3) is 33.0 Å². The fourth-order valence-corrected chi connectivity index (χ4v) is 4.49. The summed E-state index contributed by atoms with van der Waals surface area (Å²) in [6, 6.07) is 25.2. The lowest BCUT2D eigenvalue weighted by Crippen LogP contribution is -2.10. The number of para-hydroxylation sites is 1. The Kier molecular flexibility index (Phi) is 4.07. The van der Waals surface area contributed by atoms with Crippen LogP contribution in [0.2, 0.25) is 0 Å². The number of rotatable bonds is 2. The molecule has 2 nitrogen and oxygen atoms in total. The standard InChI is InChI=1S/C23H16N2S2/c26-22-14-18-17(15-7-2-1-3-8-15)13-20(21-11-6-12-27-21)25-23(18)16-9-4-5-10-19(16)24-22/h1-13H,14H2,(H,24,26). The molecule has 4 aromatic rings. The predicted octanol–water partition coefficient (Wildman–Crippen LogP) is 6.44. The Labute approximate surface area is 167 Å². The summed E-state index contributed by atoms with van der Waals surface area (Å²) in [5.74, 6) is 0. The van der Waals surface area contributed by atoms with Gasteiger partial charge >= 0.3 is 0 Å². The molecule has 1 aliphatic heterocycles. The zero-order valence-corrected chi connectivity index (χ0v) is 16.1. The molecule has 0 radical (unpaired) electrons. The van der Waals surface area contributed by atoms with Crippen LogP contribution in [-0.2, 0) is 6.42 Å². The first kappa shape index (κ1) is 16.4. The van der Waals surface area contributed by atoms with Crippen molar-refractivity contribution in [3.8, 4) is 33.0 Å². The second-order valence-corrected chi connectivity index (χ2v) is 7.94. The van der Waals surface area contributed by atoms with Crippen molar-refractivity contribution in [2.45, 2.75) is 6.42 Å². The Hall–Kier alpha value is -2.82. The SMILES string of the molecule is S=C1Cc2c(-c3ccccc3)cc(-c3cccs3)nc2-c2ccccc2N1. The maximum atomic E-state index is 5.63. The minimum absolute atomic E-state index is 0.682. The molecular formula is C23H16N2S2. The number of thiocarbonyl (C=S) groups is 1. The molecule has 0 fully saturated rings. The summed E-state index contributed by atoms with van der Waals surface area (Å²) in [4.78, 5) is 7.09. The minimum atomic E-state index is 0.682. The number of aromatic nitrogens is 1. The van der Waals surface area contributed by atoms with E-state index < -0.39 is 0 Å². The second kappa shape index (κ2) is 6.72. The first-order chi connectivity index (χ1) is 13.3. The number of fused-ring (bicyclic) bond motifs is 3. The highest BCUT2D eigenvalue weighted by atomic mass is 32.1. The van der Waals surface area contributed by atoms with Gasteiger partial charge in [0.2, 0.25) is 0 Å². The van der Waals surface area contributed by atoms with Crippen LogP contribution in [0, 0.1) is 0 Å². The van der Waals surface area contributed by atoms with Crippen molar-refractivity contribution >= 4 is 34.2 Å². The van der Waals surface area contributed by atoms with Gasteiger partial charge < -0.3 is 5.32 Å². The van der Waals surface area contributed by atoms with Crippen molar-refractivity contribution in [3.63, 3.8) is 0 Å². The van der Waals surface area contributed by atoms with Gasteiger partial charge in [-0.15, -0.1) is 11.3 Å². The van der Waals surface area contributed by atoms with Crippen LogP contribution in [-0.4, -0.2) is 9.97 Å². The number of hydrogen-bond acceptors (Lipinski definition) is 3. The third kappa shape index (κ3) is 2.97. The zero-order valence-electron chi connectivity index (χ0n) is 14.5. The summed E-state index contributed by atoms with van der Waals surface area (Å²) < 4.78 is 0. The molecule has 0 unspecified atom stereocenters. The summed E-state index contributed by atoms with van der Waals surface area (Å²) in [6.45, 7) is 0. The third-order valence-corrected chi connectivity index (χ3v) is 5.92. The molecule has 0 amide bonds. The van der Waals surface area contributed by atoms with E-state index in [1.807, 2.05) is 12.1 Å². The summed E-state index contributed by atoms with van der Waals surface area (Å²) >= 11 is 7.34. The molecule has 0 aliphatic carbocycles. The Morgan fingerprint density at radius 2 is 1.70 bits per heavy atom. The molecule has 1 N–H and O–H groups in total. The molecule has 130 valence electrons. The average molecular weight is 385 g/mol. The molecule has 0 saturated heterocycles. The van der Waals surface area contributed by atoms with E-state index in [0.717, 1.165) is 27.6 Å². The highest BCUT2D eigenvalue weighted by Crippen LogP contribution is 2.40. The van der Waals surface area contributed by atoms with E-state index in [-0.39, 0.29) is 0 Å². The number of anilines is 1. The van der Waals surface area contributed by atoms with E-state index in [9.17, 15) is 0 Å². The predicted molar refractivity (Wildman–Crippen MR) is 118 cm³/mol. The third-order valence-electron chi connectivity index (χ3n) is 4.78. The van der Waals surface area contributed by atoms with Crippen molar-refractivity contribution in [1.29, 1.82) is 0 Å². The molecule has 0 saturated carbocycles. The molecule has 0 bridgehead atoms. The van der Waals surface area contributed by atoms with E-state index in [2.05, 4.69) is 71.4 Å². The number of pyridine rings is 1. The van der Waals surface area contributed by atoms with Crippen LogP contribution in [0.1, 0.15) is 5.56 Å². The summed E-state index contributed by atoms with van der Waals surface area (Å²) in [7, 11) is 0. The van der Waals surface area contributed by atoms with E-state index in [1.165, 1.54) is 21.6 Å². The molecule has 0 spiro atoms. The quantitative estimate of drug-likeness (QED) is 0.403. The van der Waals surface area contributed by atoms with E-state index in [0.29, 0.717) is 6.42 Å². The lowest BCUT2D eigenvalue weighted by molar-refractivity contribution is 1.25. The maximum Gasteiger partial charge on any atom is 0.0842 e. The fraction of sp³-hybridized carbons (Fsp3) is 0.0435.